The Balaban J connectivity index is 1.24. The number of nitrogens with one attached hydrogen (secondary N) is 1. The van der Waals surface area contributed by atoms with E-state index < -0.39 is 0 Å². The molecule has 0 aliphatic heterocycles. The highest BCUT2D eigenvalue weighted by Gasteiger charge is 2.12. The Hall–Kier alpha value is -4.11. The van der Waals surface area contributed by atoms with Crippen LogP contribution in [0.15, 0.2) is 66.7 Å². The van der Waals surface area contributed by atoms with E-state index >= 15 is 0 Å². The minimum Gasteiger partial charge on any atom is -0.438 e. The van der Waals surface area contributed by atoms with Crippen LogP contribution in [-0.4, -0.2) is 30.9 Å². The molecule has 158 valence electrons. The van der Waals surface area contributed by atoms with Crippen molar-refractivity contribution in [1.82, 2.24) is 25.0 Å². The molecule has 0 fully saturated rings. The number of nitrogens with zero attached hydrogens (tertiary/aromatic N) is 5. The molecule has 3 heterocycles. The number of hydrogen-bond donors (Lipinski definition) is 1. The van der Waals surface area contributed by atoms with Gasteiger partial charge in [0.1, 0.15) is 5.75 Å². The quantitative estimate of drug-likeness (QED) is 0.415. The molecule has 2 aromatic carbocycles. The third kappa shape index (κ3) is 4.06. The van der Waals surface area contributed by atoms with Crippen molar-refractivity contribution in [2.75, 3.05) is 5.32 Å². The minimum absolute atomic E-state index is 0.245. The maximum atomic E-state index is 12.5. The fourth-order valence-electron chi connectivity index (χ4n) is 3.22. The van der Waals surface area contributed by atoms with Crippen molar-refractivity contribution in [2.24, 2.45) is 0 Å². The fourth-order valence-corrected chi connectivity index (χ4v) is 4.08. The number of anilines is 1. The van der Waals surface area contributed by atoms with Gasteiger partial charge < -0.3 is 10.1 Å². The zero-order valence-electron chi connectivity index (χ0n) is 17.3. The summed E-state index contributed by atoms with van der Waals surface area (Å²) in [6.45, 7) is 3.89. The third-order valence-electron chi connectivity index (χ3n) is 4.68. The molecule has 0 saturated heterocycles. The monoisotopic (exact) mass is 442 g/mol. The van der Waals surface area contributed by atoms with Crippen molar-refractivity contribution in [2.45, 2.75) is 13.8 Å². The molecule has 1 amide bonds. The maximum Gasteiger partial charge on any atom is 0.284 e. The van der Waals surface area contributed by atoms with Gasteiger partial charge in [-0.2, -0.15) is 5.10 Å². The Morgan fingerprint density at radius 1 is 1.00 bits per heavy atom. The second-order valence-corrected chi connectivity index (χ2v) is 8.17. The van der Waals surface area contributed by atoms with E-state index in [-0.39, 0.29) is 5.91 Å². The number of aryl methyl sites for hydroxylation is 2. The van der Waals surface area contributed by atoms with Crippen LogP contribution in [0.1, 0.15) is 21.2 Å². The second-order valence-electron chi connectivity index (χ2n) is 7.14. The molecule has 0 aliphatic rings. The molecule has 8 nitrogen and oxygen atoms in total. The highest BCUT2D eigenvalue weighted by molar-refractivity contribution is 7.20. The standard InChI is InChI=1S/C23H18N6O2S/c1-14-13-15(2)29(28-14)20-11-12-21(27-26-20)31-17-9-7-16(8-10-17)24-22(30)23-25-18-5-3-4-6-19(18)32-23/h3-13H,1-2H3,(H,24,30). The van der Waals surface area contributed by atoms with Gasteiger partial charge in [-0.1, -0.05) is 12.1 Å². The number of hydrogen-bond acceptors (Lipinski definition) is 7. The Kier molecular flexibility index (Phi) is 5.08. The lowest BCUT2D eigenvalue weighted by Gasteiger charge is -2.07. The van der Waals surface area contributed by atoms with Crippen LogP contribution in [0, 0.1) is 13.8 Å². The van der Waals surface area contributed by atoms with E-state index in [1.54, 1.807) is 41.1 Å². The van der Waals surface area contributed by atoms with Gasteiger partial charge in [-0.05, 0) is 62.4 Å². The largest absolute Gasteiger partial charge is 0.438 e. The highest BCUT2D eigenvalue weighted by Crippen LogP contribution is 2.24. The summed E-state index contributed by atoms with van der Waals surface area (Å²) in [4.78, 5) is 16.9. The van der Waals surface area contributed by atoms with Crippen molar-refractivity contribution in [3.05, 3.63) is 83.1 Å². The van der Waals surface area contributed by atoms with E-state index in [2.05, 4.69) is 25.6 Å². The molecule has 32 heavy (non-hydrogen) atoms. The van der Waals surface area contributed by atoms with E-state index in [0.29, 0.717) is 28.1 Å². The number of para-hydroxylation sites is 1. The predicted molar refractivity (Wildman–Crippen MR) is 123 cm³/mol. The molecule has 0 spiro atoms. The number of fused-ring (bicyclic) bond motifs is 1. The van der Waals surface area contributed by atoms with Crippen LogP contribution in [0.25, 0.3) is 16.0 Å². The minimum atomic E-state index is -0.245. The van der Waals surface area contributed by atoms with Crippen molar-refractivity contribution >= 4 is 33.1 Å². The Morgan fingerprint density at radius 3 is 2.50 bits per heavy atom. The van der Waals surface area contributed by atoms with Gasteiger partial charge in [-0.25, -0.2) is 9.67 Å². The molecular formula is C23H18N6O2S. The summed E-state index contributed by atoms with van der Waals surface area (Å²) < 4.78 is 8.47. The van der Waals surface area contributed by atoms with E-state index in [0.717, 1.165) is 21.6 Å². The molecule has 0 unspecified atom stereocenters. The van der Waals surface area contributed by atoms with E-state index in [1.165, 1.54) is 11.3 Å². The first-order valence-electron chi connectivity index (χ1n) is 9.87. The lowest BCUT2D eigenvalue weighted by atomic mass is 10.3. The van der Waals surface area contributed by atoms with Gasteiger partial charge in [-0.15, -0.1) is 21.5 Å². The molecule has 0 bridgehead atoms. The Morgan fingerprint density at radius 2 is 1.81 bits per heavy atom. The van der Waals surface area contributed by atoms with Crippen LogP contribution in [0.3, 0.4) is 0 Å². The number of amides is 1. The Bertz CT molecular complexity index is 1370. The molecule has 5 aromatic rings. The van der Waals surface area contributed by atoms with Gasteiger partial charge in [0.15, 0.2) is 10.8 Å². The van der Waals surface area contributed by atoms with Gasteiger partial charge in [0.05, 0.1) is 15.9 Å². The van der Waals surface area contributed by atoms with Crippen molar-refractivity contribution in [1.29, 1.82) is 0 Å². The topological polar surface area (TPSA) is 94.8 Å². The van der Waals surface area contributed by atoms with E-state index in [4.69, 9.17) is 4.74 Å². The average molecular weight is 443 g/mol. The normalized spacial score (nSPS) is 10.9. The van der Waals surface area contributed by atoms with Gasteiger partial charge >= 0.3 is 0 Å². The highest BCUT2D eigenvalue weighted by atomic mass is 32.1. The average Bonchev–Trinajstić information content (AvgIpc) is 3.38. The molecular weight excluding hydrogens is 424 g/mol. The molecule has 1 N–H and O–H groups in total. The summed E-state index contributed by atoms with van der Waals surface area (Å²) in [5.41, 5.74) is 3.36. The summed E-state index contributed by atoms with van der Waals surface area (Å²) in [7, 11) is 0. The summed E-state index contributed by atoms with van der Waals surface area (Å²) in [6.07, 6.45) is 0. The zero-order valence-corrected chi connectivity index (χ0v) is 18.1. The number of aromatic nitrogens is 5. The van der Waals surface area contributed by atoms with Gasteiger partial charge in [0, 0.05) is 17.4 Å². The Labute approximate surface area is 187 Å². The third-order valence-corrected chi connectivity index (χ3v) is 5.71. The molecule has 9 heteroatoms. The van der Waals surface area contributed by atoms with Crippen LogP contribution in [0.4, 0.5) is 5.69 Å². The first-order valence-corrected chi connectivity index (χ1v) is 10.7. The summed E-state index contributed by atoms with van der Waals surface area (Å²) >= 11 is 1.36. The van der Waals surface area contributed by atoms with Crippen LogP contribution in [0.5, 0.6) is 11.6 Å². The molecule has 0 aliphatic carbocycles. The number of rotatable bonds is 5. The van der Waals surface area contributed by atoms with Gasteiger partial charge in [-0.3, -0.25) is 4.79 Å². The van der Waals surface area contributed by atoms with E-state index in [9.17, 15) is 4.79 Å². The van der Waals surface area contributed by atoms with Gasteiger partial charge in [0.2, 0.25) is 5.88 Å². The lowest BCUT2D eigenvalue weighted by Crippen LogP contribution is -2.11. The van der Waals surface area contributed by atoms with Crippen LogP contribution >= 0.6 is 11.3 Å². The first-order chi connectivity index (χ1) is 15.5. The van der Waals surface area contributed by atoms with Crippen molar-refractivity contribution < 1.29 is 9.53 Å². The molecule has 0 atom stereocenters. The summed E-state index contributed by atoms with van der Waals surface area (Å²) in [5.74, 6) is 1.32. The number of carbonyl (C=O) groups excluding carboxylic acids is 1. The SMILES string of the molecule is Cc1cc(C)n(-c2ccc(Oc3ccc(NC(=O)c4nc5ccccc5s4)cc3)nn2)n1. The summed E-state index contributed by atoms with van der Waals surface area (Å²) in [5, 5.41) is 16.0. The van der Waals surface area contributed by atoms with Crippen molar-refractivity contribution in [3.8, 4) is 17.4 Å². The summed E-state index contributed by atoms with van der Waals surface area (Å²) in [6, 6.07) is 20.2. The van der Waals surface area contributed by atoms with Crippen LogP contribution < -0.4 is 10.1 Å². The first kappa shape index (κ1) is 19.8. The van der Waals surface area contributed by atoms with Crippen molar-refractivity contribution in [3.63, 3.8) is 0 Å². The predicted octanol–water partition coefficient (Wildman–Crippen LogP) is 4.93. The van der Waals surface area contributed by atoms with E-state index in [1.807, 2.05) is 44.2 Å². The lowest BCUT2D eigenvalue weighted by molar-refractivity contribution is 0.102. The number of thiazole rings is 1. The number of benzene rings is 2. The maximum absolute atomic E-state index is 12.5. The molecule has 0 radical (unpaired) electrons. The smallest absolute Gasteiger partial charge is 0.284 e. The number of ether oxygens (including phenoxy) is 1. The fraction of sp³-hybridized carbons (Fsp3) is 0.0870. The van der Waals surface area contributed by atoms with Crippen LogP contribution in [0.2, 0.25) is 0 Å². The van der Waals surface area contributed by atoms with Gasteiger partial charge in [0.25, 0.3) is 5.91 Å². The molecule has 0 saturated carbocycles. The number of carbonyl (C=O) groups is 1. The molecule has 3 aromatic heterocycles. The second kappa shape index (κ2) is 8.20. The molecule has 5 rings (SSSR count). The zero-order chi connectivity index (χ0) is 22.1. The van der Waals surface area contributed by atoms with Crippen LogP contribution in [-0.2, 0) is 0 Å².